The maximum absolute atomic E-state index is 12.5. The summed E-state index contributed by atoms with van der Waals surface area (Å²) >= 11 is 3.65. The summed E-state index contributed by atoms with van der Waals surface area (Å²) in [6.07, 6.45) is 0. The molecule has 0 aliphatic rings. The van der Waals surface area contributed by atoms with E-state index in [9.17, 15) is 4.79 Å². The highest BCUT2D eigenvalue weighted by Crippen LogP contribution is 2.27. The number of amides is 1. The van der Waals surface area contributed by atoms with Crippen LogP contribution in [0.15, 0.2) is 41.6 Å². The van der Waals surface area contributed by atoms with Crippen molar-refractivity contribution in [3.8, 4) is 5.75 Å². The van der Waals surface area contributed by atoms with Crippen molar-refractivity contribution in [2.45, 2.75) is 45.4 Å². The summed E-state index contributed by atoms with van der Waals surface area (Å²) in [6.45, 7) is 8.62. The van der Waals surface area contributed by atoms with Gasteiger partial charge in [0.2, 0.25) is 5.91 Å². The fraction of sp³-hybridized carbons (Fsp3) is 0.348. The van der Waals surface area contributed by atoms with Gasteiger partial charge in [0.15, 0.2) is 11.0 Å². The van der Waals surface area contributed by atoms with Crippen LogP contribution < -0.4 is 10.1 Å². The third-order valence-corrected chi connectivity index (χ3v) is 6.61. The molecule has 1 amide bonds. The van der Waals surface area contributed by atoms with Crippen LogP contribution in [0, 0.1) is 17.4 Å². The van der Waals surface area contributed by atoms with Gasteiger partial charge in [0, 0.05) is 16.3 Å². The first-order valence-corrected chi connectivity index (χ1v) is 12.1. The molecule has 164 valence electrons. The van der Waals surface area contributed by atoms with E-state index in [1.807, 2.05) is 55.8 Å². The molecule has 0 radical (unpaired) electrons. The number of para-hydroxylation sites is 1. The van der Waals surface area contributed by atoms with Gasteiger partial charge in [0.25, 0.3) is 0 Å². The zero-order valence-corrected chi connectivity index (χ0v) is 21.4. The fourth-order valence-electron chi connectivity index (χ4n) is 3.20. The minimum Gasteiger partial charge on any atom is -0.485 e. The van der Waals surface area contributed by atoms with E-state index in [1.54, 1.807) is 0 Å². The summed E-state index contributed by atoms with van der Waals surface area (Å²) in [6, 6.07) is 12.1. The topological polar surface area (TPSA) is 69.0 Å². The van der Waals surface area contributed by atoms with E-state index in [1.165, 1.54) is 11.8 Å². The Balaban J connectivity index is 1.59. The van der Waals surface area contributed by atoms with Gasteiger partial charge in [0.1, 0.15) is 12.4 Å². The molecule has 0 saturated heterocycles. The van der Waals surface area contributed by atoms with Crippen molar-refractivity contribution in [1.29, 1.82) is 0 Å². The van der Waals surface area contributed by atoms with Gasteiger partial charge in [-0.3, -0.25) is 4.79 Å². The summed E-state index contributed by atoms with van der Waals surface area (Å²) in [7, 11) is 1.89. The number of anilines is 1. The molecule has 8 heteroatoms. The van der Waals surface area contributed by atoms with Crippen LogP contribution >= 0.6 is 34.4 Å². The van der Waals surface area contributed by atoms with E-state index in [2.05, 4.69) is 58.0 Å². The van der Waals surface area contributed by atoms with Crippen LogP contribution in [0.3, 0.4) is 0 Å². The maximum atomic E-state index is 12.5. The number of hydrogen-bond acceptors (Lipinski definition) is 5. The number of thioether (sulfide) groups is 1. The Morgan fingerprint density at radius 3 is 2.58 bits per heavy atom. The molecular weight excluding hydrogens is 523 g/mol. The molecule has 0 unspecified atom stereocenters. The molecule has 0 fully saturated rings. The SMILES string of the molecule is Cc1cccc(C)c1OCc1nnc(SCC(=O)Nc2ccc(I)cc2C(C)C)n1C. The molecular formula is C23H27IN4O2S. The molecule has 1 aromatic heterocycles. The Bertz CT molecular complexity index is 1060. The largest absolute Gasteiger partial charge is 0.485 e. The molecule has 0 aliphatic carbocycles. The second-order valence-electron chi connectivity index (χ2n) is 7.69. The zero-order chi connectivity index (χ0) is 22.5. The second-order valence-corrected chi connectivity index (χ2v) is 9.88. The highest BCUT2D eigenvalue weighted by molar-refractivity contribution is 14.1. The maximum Gasteiger partial charge on any atom is 0.234 e. The summed E-state index contributed by atoms with van der Waals surface area (Å²) < 4.78 is 9.01. The summed E-state index contributed by atoms with van der Waals surface area (Å²) in [5.41, 5.74) is 4.17. The quantitative estimate of drug-likeness (QED) is 0.298. The van der Waals surface area contributed by atoms with Gasteiger partial charge in [0.05, 0.1) is 5.75 Å². The Labute approximate surface area is 201 Å². The number of benzene rings is 2. The first-order valence-electron chi connectivity index (χ1n) is 10.1. The lowest BCUT2D eigenvalue weighted by atomic mass is 10.0. The van der Waals surface area contributed by atoms with Crippen molar-refractivity contribution in [2.24, 2.45) is 7.05 Å². The van der Waals surface area contributed by atoms with Crippen molar-refractivity contribution in [3.05, 3.63) is 62.5 Å². The third kappa shape index (κ3) is 6.00. The average molecular weight is 550 g/mol. The molecule has 0 spiro atoms. The Morgan fingerprint density at radius 1 is 1.19 bits per heavy atom. The molecule has 0 aliphatic heterocycles. The predicted molar refractivity (Wildman–Crippen MR) is 134 cm³/mol. The van der Waals surface area contributed by atoms with Crippen molar-refractivity contribution < 1.29 is 9.53 Å². The number of carbonyl (C=O) groups is 1. The van der Waals surface area contributed by atoms with E-state index in [-0.39, 0.29) is 11.7 Å². The van der Waals surface area contributed by atoms with E-state index in [0.29, 0.717) is 23.5 Å². The minimum atomic E-state index is -0.0653. The molecule has 0 saturated carbocycles. The van der Waals surface area contributed by atoms with Crippen LogP contribution in [0.25, 0.3) is 0 Å². The molecule has 1 N–H and O–H groups in total. The van der Waals surface area contributed by atoms with Gasteiger partial charge in [-0.2, -0.15) is 0 Å². The Morgan fingerprint density at radius 2 is 1.90 bits per heavy atom. The number of rotatable bonds is 8. The number of carbonyl (C=O) groups excluding carboxylic acids is 1. The van der Waals surface area contributed by atoms with E-state index < -0.39 is 0 Å². The van der Waals surface area contributed by atoms with Gasteiger partial charge in [-0.15, -0.1) is 10.2 Å². The van der Waals surface area contributed by atoms with Crippen LogP contribution in [0.2, 0.25) is 0 Å². The monoisotopic (exact) mass is 550 g/mol. The van der Waals surface area contributed by atoms with Crippen LogP contribution in [0.1, 0.15) is 42.3 Å². The first kappa shape index (κ1) is 23.6. The van der Waals surface area contributed by atoms with Crippen LogP contribution in [-0.4, -0.2) is 26.4 Å². The zero-order valence-electron chi connectivity index (χ0n) is 18.4. The van der Waals surface area contributed by atoms with Gasteiger partial charge < -0.3 is 14.6 Å². The number of aryl methyl sites for hydroxylation is 2. The first-order chi connectivity index (χ1) is 14.8. The normalized spacial score (nSPS) is 11.1. The van der Waals surface area contributed by atoms with Gasteiger partial charge in [-0.05, 0) is 77.2 Å². The number of halogens is 1. The lowest BCUT2D eigenvalue weighted by molar-refractivity contribution is -0.113. The fourth-order valence-corrected chi connectivity index (χ4v) is 4.45. The van der Waals surface area contributed by atoms with Crippen LogP contribution in [-0.2, 0) is 18.4 Å². The molecule has 1 heterocycles. The standard InChI is InChI=1S/C23H27IN4O2S/c1-14(2)18-11-17(24)9-10-19(18)25-21(29)13-31-23-27-26-20(28(23)5)12-30-22-15(3)7-6-8-16(22)4/h6-11,14H,12-13H2,1-5H3,(H,25,29). The van der Waals surface area contributed by atoms with Gasteiger partial charge in [-0.1, -0.05) is 43.8 Å². The number of nitrogens with one attached hydrogen (secondary N) is 1. The highest BCUT2D eigenvalue weighted by atomic mass is 127. The van der Waals surface area contributed by atoms with Crippen LogP contribution in [0.4, 0.5) is 5.69 Å². The molecule has 2 aromatic carbocycles. The number of nitrogens with zero attached hydrogens (tertiary/aromatic N) is 3. The number of ether oxygens (including phenoxy) is 1. The van der Waals surface area contributed by atoms with Crippen molar-refractivity contribution in [2.75, 3.05) is 11.1 Å². The summed E-state index contributed by atoms with van der Waals surface area (Å²) in [4.78, 5) is 12.5. The molecule has 0 atom stereocenters. The predicted octanol–water partition coefficient (Wildman–Crippen LogP) is 5.47. The second kappa shape index (κ2) is 10.5. The summed E-state index contributed by atoms with van der Waals surface area (Å²) in [5.74, 6) is 2.11. The summed E-state index contributed by atoms with van der Waals surface area (Å²) in [5, 5.41) is 12.2. The lowest BCUT2D eigenvalue weighted by Gasteiger charge is -2.14. The highest BCUT2D eigenvalue weighted by Gasteiger charge is 2.15. The minimum absolute atomic E-state index is 0.0653. The third-order valence-electron chi connectivity index (χ3n) is 4.92. The van der Waals surface area contributed by atoms with Crippen LogP contribution in [0.5, 0.6) is 5.75 Å². The average Bonchev–Trinajstić information content (AvgIpc) is 3.07. The lowest BCUT2D eigenvalue weighted by Crippen LogP contribution is -2.16. The van der Waals surface area contributed by atoms with E-state index >= 15 is 0 Å². The molecule has 6 nitrogen and oxygen atoms in total. The molecule has 3 aromatic rings. The molecule has 0 bridgehead atoms. The van der Waals surface area contributed by atoms with Gasteiger partial charge in [-0.25, -0.2) is 0 Å². The van der Waals surface area contributed by atoms with E-state index in [0.717, 1.165) is 31.7 Å². The molecule has 3 rings (SSSR count). The van der Waals surface area contributed by atoms with Crippen molar-refractivity contribution in [3.63, 3.8) is 0 Å². The number of aromatic nitrogens is 3. The smallest absolute Gasteiger partial charge is 0.234 e. The van der Waals surface area contributed by atoms with Crippen molar-refractivity contribution in [1.82, 2.24) is 14.8 Å². The Hall–Kier alpha value is -2.07. The van der Waals surface area contributed by atoms with Gasteiger partial charge >= 0.3 is 0 Å². The Kier molecular flexibility index (Phi) is 7.99. The van der Waals surface area contributed by atoms with E-state index in [4.69, 9.17) is 4.74 Å². The van der Waals surface area contributed by atoms with Crippen molar-refractivity contribution >= 4 is 45.9 Å². The number of hydrogen-bond donors (Lipinski definition) is 1. The molecule has 31 heavy (non-hydrogen) atoms.